The van der Waals surface area contributed by atoms with Crippen LogP contribution in [0.5, 0.6) is 0 Å². The van der Waals surface area contributed by atoms with Crippen molar-refractivity contribution < 1.29 is 23.1 Å². The van der Waals surface area contributed by atoms with Crippen LogP contribution in [0.3, 0.4) is 0 Å². The van der Waals surface area contributed by atoms with Crippen LogP contribution in [-0.4, -0.2) is 50.6 Å². The Morgan fingerprint density at radius 3 is 2.32 bits per heavy atom. The van der Waals surface area contributed by atoms with Gasteiger partial charge in [0.05, 0.1) is 23.7 Å². The molecule has 0 bridgehead atoms. The van der Waals surface area contributed by atoms with Gasteiger partial charge in [0.25, 0.3) is 0 Å². The van der Waals surface area contributed by atoms with Gasteiger partial charge in [-0.05, 0) is 31.2 Å². The fourth-order valence-corrected chi connectivity index (χ4v) is 2.78. The predicted octanol–water partition coefficient (Wildman–Crippen LogP) is 0.474. The molecule has 0 radical (unpaired) electrons. The molecule has 1 aromatic rings. The van der Waals surface area contributed by atoms with Crippen LogP contribution < -0.4 is 0 Å². The van der Waals surface area contributed by atoms with Crippen LogP contribution in [0.2, 0.25) is 0 Å². The second-order valence-electron chi connectivity index (χ2n) is 4.15. The third-order valence-electron chi connectivity index (χ3n) is 2.50. The van der Waals surface area contributed by atoms with Gasteiger partial charge in [-0.2, -0.15) is 4.31 Å². The first-order valence-electron chi connectivity index (χ1n) is 5.62. The number of nitrogens with zero attached hydrogens (tertiary/aromatic N) is 1. The first-order chi connectivity index (χ1) is 8.78. The molecule has 0 spiro atoms. The highest BCUT2D eigenvalue weighted by atomic mass is 32.2. The molecule has 19 heavy (non-hydrogen) atoms. The Hall–Kier alpha value is -1.44. The van der Waals surface area contributed by atoms with E-state index in [1.165, 1.54) is 45.3 Å². The molecule has 0 aliphatic rings. The Bertz CT molecular complexity index is 536. The molecule has 0 saturated heterocycles. The highest BCUT2D eigenvalue weighted by Gasteiger charge is 2.22. The van der Waals surface area contributed by atoms with Gasteiger partial charge < -0.3 is 9.84 Å². The minimum Gasteiger partial charge on any atom is -0.465 e. The number of hydrogen-bond acceptors (Lipinski definition) is 5. The summed E-state index contributed by atoms with van der Waals surface area (Å²) in [6, 6.07) is 5.43. The van der Waals surface area contributed by atoms with Crippen LogP contribution in [0.25, 0.3) is 0 Å². The highest BCUT2D eigenvalue weighted by molar-refractivity contribution is 7.89. The van der Waals surface area contributed by atoms with Crippen molar-refractivity contribution in [2.45, 2.75) is 17.9 Å². The topological polar surface area (TPSA) is 83.9 Å². The minimum atomic E-state index is -3.66. The molecule has 7 heteroatoms. The first kappa shape index (κ1) is 15.6. The SMILES string of the molecule is COC(=O)c1ccc(S(=O)(=O)N(C)CC(C)O)cc1. The number of sulfonamides is 1. The minimum absolute atomic E-state index is 0.00108. The first-order valence-corrected chi connectivity index (χ1v) is 7.06. The van der Waals surface area contributed by atoms with Crippen LogP contribution in [-0.2, 0) is 14.8 Å². The van der Waals surface area contributed by atoms with E-state index in [1.807, 2.05) is 0 Å². The lowest BCUT2D eigenvalue weighted by atomic mass is 10.2. The smallest absolute Gasteiger partial charge is 0.337 e. The largest absolute Gasteiger partial charge is 0.465 e. The van der Waals surface area contributed by atoms with E-state index in [2.05, 4.69) is 4.74 Å². The summed E-state index contributed by atoms with van der Waals surface area (Å²) < 4.78 is 29.8. The number of aliphatic hydroxyl groups is 1. The maximum Gasteiger partial charge on any atom is 0.337 e. The number of benzene rings is 1. The average molecular weight is 287 g/mol. The predicted molar refractivity (Wildman–Crippen MR) is 69.3 cm³/mol. The van der Waals surface area contributed by atoms with E-state index in [-0.39, 0.29) is 17.0 Å². The quantitative estimate of drug-likeness (QED) is 0.796. The van der Waals surface area contributed by atoms with E-state index >= 15 is 0 Å². The van der Waals surface area contributed by atoms with Gasteiger partial charge in [-0.25, -0.2) is 13.2 Å². The molecule has 1 unspecified atom stereocenters. The van der Waals surface area contributed by atoms with E-state index in [0.29, 0.717) is 0 Å². The van der Waals surface area contributed by atoms with Gasteiger partial charge in [-0.15, -0.1) is 0 Å². The summed E-state index contributed by atoms with van der Waals surface area (Å²) in [5.74, 6) is -0.527. The van der Waals surface area contributed by atoms with E-state index in [1.54, 1.807) is 0 Å². The number of hydrogen-bond donors (Lipinski definition) is 1. The summed E-state index contributed by atoms with van der Waals surface area (Å²) >= 11 is 0. The van der Waals surface area contributed by atoms with Crippen LogP contribution in [0.15, 0.2) is 29.2 Å². The van der Waals surface area contributed by atoms with Crippen LogP contribution in [0.4, 0.5) is 0 Å². The zero-order chi connectivity index (χ0) is 14.6. The normalized spacial score (nSPS) is 13.3. The number of likely N-dealkylation sites (N-methyl/N-ethyl adjacent to an activating group) is 1. The Balaban J connectivity index is 3.00. The molecule has 0 aromatic heterocycles. The number of esters is 1. The van der Waals surface area contributed by atoms with Gasteiger partial charge in [0.2, 0.25) is 10.0 Å². The standard InChI is InChI=1S/C12H17NO5S/c1-9(14)8-13(2)19(16,17)11-6-4-10(5-7-11)12(15)18-3/h4-7,9,14H,8H2,1-3H3. The average Bonchev–Trinajstić information content (AvgIpc) is 2.37. The molecule has 0 aliphatic carbocycles. The molecule has 106 valence electrons. The van der Waals surface area contributed by atoms with Gasteiger partial charge in [0.15, 0.2) is 0 Å². The molecule has 0 amide bonds. The molecule has 1 aromatic carbocycles. The molecule has 6 nitrogen and oxygen atoms in total. The molecule has 1 N–H and O–H groups in total. The zero-order valence-corrected chi connectivity index (χ0v) is 11.8. The van der Waals surface area contributed by atoms with E-state index in [9.17, 15) is 18.3 Å². The van der Waals surface area contributed by atoms with Crippen LogP contribution in [0.1, 0.15) is 17.3 Å². The molecular weight excluding hydrogens is 270 g/mol. The monoisotopic (exact) mass is 287 g/mol. The van der Waals surface area contributed by atoms with E-state index in [0.717, 1.165) is 4.31 Å². The Morgan fingerprint density at radius 2 is 1.89 bits per heavy atom. The molecule has 0 heterocycles. The number of carbonyl (C=O) groups is 1. The molecule has 1 rings (SSSR count). The molecule has 0 saturated carbocycles. The summed E-state index contributed by atoms with van der Waals surface area (Å²) in [6.45, 7) is 1.51. The maximum absolute atomic E-state index is 12.1. The van der Waals surface area contributed by atoms with Crippen LogP contribution >= 0.6 is 0 Å². The molecule has 0 aliphatic heterocycles. The Labute approximate surface area is 112 Å². The number of rotatable bonds is 5. The lowest BCUT2D eigenvalue weighted by Crippen LogP contribution is -2.33. The van der Waals surface area contributed by atoms with E-state index < -0.39 is 22.1 Å². The van der Waals surface area contributed by atoms with Crippen molar-refractivity contribution in [2.24, 2.45) is 0 Å². The van der Waals surface area contributed by atoms with Crippen molar-refractivity contribution in [3.8, 4) is 0 Å². The molecule has 1 atom stereocenters. The van der Waals surface area contributed by atoms with Crippen molar-refractivity contribution in [2.75, 3.05) is 20.7 Å². The number of carbonyl (C=O) groups excluding carboxylic acids is 1. The summed E-state index contributed by atoms with van der Waals surface area (Å²) in [7, 11) is -1.02. The van der Waals surface area contributed by atoms with Gasteiger partial charge in [-0.1, -0.05) is 0 Å². The number of ether oxygens (including phenoxy) is 1. The van der Waals surface area contributed by atoms with Gasteiger partial charge in [0, 0.05) is 13.6 Å². The summed E-state index contributed by atoms with van der Waals surface area (Å²) in [5, 5.41) is 9.21. The molecular formula is C12H17NO5S. The van der Waals surface area contributed by atoms with Crippen molar-refractivity contribution >= 4 is 16.0 Å². The van der Waals surface area contributed by atoms with Crippen molar-refractivity contribution in [3.05, 3.63) is 29.8 Å². The fourth-order valence-electron chi connectivity index (χ4n) is 1.53. The summed E-state index contributed by atoms with van der Waals surface area (Å²) in [4.78, 5) is 11.3. The zero-order valence-electron chi connectivity index (χ0n) is 11.0. The van der Waals surface area contributed by atoms with Gasteiger partial charge in [0.1, 0.15) is 0 Å². The fraction of sp³-hybridized carbons (Fsp3) is 0.417. The Kier molecular flexibility index (Phi) is 5.04. The second-order valence-corrected chi connectivity index (χ2v) is 6.20. The summed E-state index contributed by atoms with van der Waals surface area (Å²) in [5.41, 5.74) is 0.277. The van der Waals surface area contributed by atoms with Gasteiger partial charge >= 0.3 is 5.97 Å². The number of methoxy groups -OCH3 is 1. The van der Waals surface area contributed by atoms with Crippen molar-refractivity contribution in [3.63, 3.8) is 0 Å². The molecule has 0 fully saturated rings. The third kappa shape index (κ3) is 3.76. The van der Waals surface area contributed by atoms with E-state index in [4.69, 9.17) is 0 Å². The van der Waals surface area contributed by atoms with Crippen LogP contribution in [0, 0.1) is 0 Å². The Morgan fingerprint density at radius 1 is 1.37 bits per heavy atom. The lowest BCUT2D eigenvalue weighted by Gasteiger charge is -2.18. The van der Waals surface area contributed by atoms with Crippen molar-refractivity contribution in [1.29, 1.82) is 0 Å². The lowest BCUT2D eigenvalue weighted by molar-refractivity contribution is 0.0600. The highest BCUT2D eigenvalue weighted by Crippen LogP contribution is 2.15. The summed E-state index contributed by atoms with van der Waals surface area (Å²) in [6.07, 6.45) is -0.755. The maximum atomic E-state index is 12.1. The second kappa shape index (κ2) is 6.14. The number of aliphatic hydroxyl groups excluding tert-OH is 1. The van der Waals surface area contributed by atoms with Crippen molar-refractivity contribution in [1.82, 2.24) is 4.31 Å². The van der Waals surface area contributed by atoms with Gasteiger partial charge in [-0.3, -0.25) is 0 Å². The third-order valence-corrected chi connectivity index (χ3v) is 4.34.